The molecule has 0 aliphatic heterocycles. The zero-order valence-corrected chi connectivity index (χ0v) is 7.46. The molecule has 0 rings (SSSR count). The van der Waals surface area contributed by atoms with Crippen LogP contribution in [-0.4, -0.2) is 25.9 Å². The average Bonchev–Trinajstić information content (AvgIpc) is 1.25. The summed E-state index contributed by atoms with van der Waals surface area (Å²) in [6.07, 6.45) is 0. The van der Waals surface area contributed by atoms with Gasteiger partial charge in [0.15, 0.2) is 0 Å². The monoisotopic (exact) mass is 288 g/mol. The smallest absolute Gasteiger partial charge is 0.272 e. The fraction of sp³-hybridized carbons (Fsp3) is 0. The fourth-order valence-electron chi connectivity index (χ4n) is 0. The molecule has 0 atom stereocenters. The van der Waals surface area contributed by atoms with Gasteiger partial charge >= 0.3 is 18.3 Å². The van der Waals surface area contributed by atoms with E-state index < -0.39 is 18.3 Å². The fourth-order valence-corrected chi connectivity index (χ4v) is 0. The van der Waals surface area contributed by atoms with Crippen LogP contribution in [0.3, 0.4) is 0 Å². The van der Waals surface area contributed by atoms with E-state index in [1.165, 1.54) is 0 Å². The Labute approximate surface area is 78.2 Å². The van der Waals surface area contributed by atoms with Crippen molar-refractivity contribution >= 4 is 18.3 Å². The van der Waals surface area contributed by atoms with Gasteiger partial charge in [-0.25, -0.2) is 0 Å². The molecule has 0 spiro atoms. The first-order valence-corrected chi connectivity index (χ1v) is 4.60. The van der Waals surface area contributed by atoms with Crippen LogP contribution >= 0.6 is 0 Å². The van der Waals surface area contributed by atoms with Crippen LogP contribution in [0.5, 0.6) is 0 Å². The molecule has 2 radical (unpaired) electrons. The molecule has 10 heavy (non-hydrogen) atoms. The second-order valence-corrected chi connectivity index (χ2v) is 5.09. The Morgan fingerprint density at radius 3 is 0.800 bits per heavy atom. The van der Waals surface area contributed by atoms with Crippen LogP contribution in [0.4, 0.5) is 0 Å². The largest absolute Gasteiger partial charge is 0.397 e. The molecule has 0 fully saturated rings. The predicted molar refractivity (Wildman–Crippen MR) is 23.1 cm³/mol. The summed E-state index contributed by atoms with van der Waals surface area (Å²) in [5, 5.41) is 0. The number of hydrogen-bond donors (Lipinski definition) is 2. The van der Waals surface area contributed by atoms with Gasteiger partial charge in [0.25, 0.3) is 0 Å². The summed E-state index contributed by atoms with van der Waals surface area (Å²) in [4.78, 5) is 0. The number of rotatable bonds is 1. The maximum Gasteiger partial charge on any atom is 0.397 e. The molecular weight excluding hydrogens is 287 g/mol. The van der Waals surface area contributed by atoms with E-state index in [2.05, 4.69) is 0 Å². The average molecular weight is 289 g/mol. The van der Waals surface area contributed by atoms with Gasteiger partial charge in [-0.3, -0.25) is 9.11 Å². The first-order valence-electron chi connectivity index (χ1n) is 1.20. The Kier molecular flexibility index (Phi) is 8.00. The third-order valence-corrected chi connectivity index (χ3v) is 2.40. The first kappa shape index (κ1) is 17.1. The van der Waals surface area contributed by atoms with E-state index in [0.717, 1.165) is 0 Å². The molecule has 0 bridgehead atoms. The van der Waals surface area contributed by atoms with Crippen LogP contribution in [-0.2, 0) is 52.4 Å². The van der Waals surface area contributed by atoms with E-state index in [9.17, 15) is 16.8 Å². The van der Waals surface area contributed by atoms with Gasteiger partial charge in [-0.1, -0.05) is 0 Å². The van der Waals surface area contributed by atoms with Crippen molar-refractivity contribution in [2.75, 3.05) is 0 Å². The standard InChI is InChI=1S/2Cu.H2O6S2/c;;1-7(2,3)8(4,5)6/h;;(H,1,2,3)(H,4,5,6). The van der Waals surface area contributed by atoms with E-state index in [0.29, 0.717) is 0 Å². The Balaban J connectivity index is -0.000000245. The van der Waals surface area contributed by atoms with Crippen molar-refractivity contribution in [3.8, 4) is 0 Å². The third-order valence-electron chi connectivity index (χ3n) is 0.266. The van der Waals surface area contributed by atoms with Crippen LogP contribution in [0.1, 0.15) is 0 Å². The van der Waals surface area contributed by atoms with Gasteiger partial charge in [0, 0.05) is 34.1 Å². The Bertz CT molecular complexity index is 226. The third kappa shape index (κ3) is 5.63. The summed E-state index contributed by atoms with van der Waals surface area (Å²) in [6, 6.07) is 0. The van der Waals surface area contributed by atoms with Gasteiger partial charge in [0.2, 0.25) is 0 Å². The maximum absolute atomic E-state index is 9.37. The molecule has 0 aliphatic rings. The van der Waals surface area contributed by atoms with E-state index in [4.69, 9.17) is 9.11 Å². The molecule has 6 nitrogen and oxygen atoms in total. The van der Waals surface area contributed by atoms with Gasteiger partial charge in [-0.15, -0.1) is 0 Å². The SMILES string of the molecule is O=S(=O)(O)S(=O)(=O)O.[Cu].[Cu]. The molecule has 0 aromatic carbocycles. The molecule has 10 heteroatoms. The molecule has 0 aromatic rings. The maximum atomic E-state index is 9.37. The van der Waals surface area contributed by atoms with Crippen molar-refractivity contribution in [1.29, 1.82) is 0 Å². The second-order valence-electron chi connectivity index (χ2n) is 0.855. The number of hydrogen-bond acceptors (Lipinski definition) is 4. The normalized spacial score (nSPS) is 11.0. The first-order chi connectivity index (χ1) is 3.25. The molecule has 0 aliphatic carbocycles. The van der Waals surface area contributed by atoms with Crippen molar-refractivity contribution in [3.63, 3.8) is 0 Å². The van der Waals surface area contributed by atoms with E-state index in [-0.39, 0.29) is 34.1 Å². The molecular formula is H2Cu2O6S2. The molecule has 0 aromatic heterocycles. The van der Waals surface area contributed by atoms with E-state index >= 15 is 0 Å². The van der Waals surface area contributed by atoms with Crippen LogP contribution in [0.25, 0.3) is 0 Å². The van der Waals surface area contributed by atoms with Gasteiger partial charge in [-0.2, -0.15) is 16.8 Å². The van der Waals surface area contributed by atoms with Crippen molar-refractivity contribution in [3.05, 3.63) is 0 Å². The quantitative estimate of drug-likeness (QED) is 0.352. The summed E-state index contributed by atoms with van der Waals surface area (Å²) >= 11 is 0. The summed E-state index contributed by atoms with van der Waals surface area (Å²) in [5.41, 5.74) is 0. The minimum absolute atomic E-state index is 0. The molecule has 0 saturated heterocycles. The van der Waals surface area contributed by atoms with Crippen LogP contribution in [0, 0.1) is 0 Å². The minimum atomic E-state index is -5.31. The van der Waals surface area contributed by atoms with Gasteiger partial charge < -0.3 is 0 Å². The van der Waals surface area contributed by atoms with Crippen LogP contribution < -0.4 is 0 Å². The topological polar surface area (TPSA) is 109 Å². The molecule has 0 unspecified atom stereocenters. The van der Waals surface area contributed by atoms with Crippen LogP contribution in [0.15, 0.2) is 0 Å². The van der Waals surface area contributed by atoms with Gasteiger partial charge in [0.1, 0.15) is 0 Å². The van der Waals surface area contributed by atoms with Gasteiger partial charge in [-0.05, 0) is 0 Å². The molecule has 0 saturated carbocycles. The minimum Gasteiger partial charge on any atom is -0.272 e. The summed E-state index contributed by atoms with van der Waals surface area (Å²) < 4.78 is 52.5. The molecule has 0 heterocycles. The van der Waals surface area contributed by atoms with Crippen LogP contribution in [0.2, 0.25) is 0 Å². The Morgan fingerprint density at radius 2 is 0.800 bits per heavy atom. The van der Waals surface area contributed by atoms with Crippen molar-refractivity contribution < 1.29 is 60.1 Å². The van der Waals surface area contributed by atoms with Crippen molar-refractivity contribution in [2.45, 2.75) is 0 Å². The second kappa shape index (κ2) is 4.68. The molecule has 2 N–H and O–H groups in total. The summed E-state index contributed by atoms with van der Waals surface area (Å²) in [7, 11) is -10.6. The zero-order chi connectivity index (χ0) is 7.00. The van der Waals surface area contributed by atoms with Gasteiger partial charge in [0.05, 0.1) is 0 Å². The van der Waals surface area contributed by atoms with E-state index in [1.54, 1.807) is 0 Å². The van der Waals surface area contributed by atoms with E-state index in [1.807, 2.05) is 0 Å². The molecule has 0 amide bonds. The Hall–Kier alpha value is 0.859. The Morgan fingerprint density at radius 1 is 0.700 bits per heavy atom. The summed E-state index contributed by atoms with van der Waals surface area (Å²) in [5.74, 6) is 0. The van der Waals surface area contributed by atoms with Crippen molar-refractivity contribution in [1.82, 2.24) is 0 Å². The molecule has 72 valence electrons. The summed E-state index contributed by atoms with van der Waals surface area (Å²) in [6.45, 7) is 0. The van der Waals surface area contributed by atoms with Crippen molar-refractivity contribution in [2.24, 2.45) is 0 Å². The zero-order valence-electron chi connectivity index (χ0n) is 3.95. The predicted octanol–water partition coefficient (Wildman–Crippen LogP) is -1.33.